The fourth-order valence-corrected chi connectivity index (χ4v) is 4.99. The summed E-state index contributed by atoms with van der Waals surface area (Å²) in [4.78, 5) is 16.2. The minimum atomic E-state index is 0.601. The lowest BCUT2D eigenvalue weighted by atomic mass is 10.0. The Morgan fingerprint density at radius 3 is 2.93 bits per heavy atom. The number of fused-ring (bicyclic) bond motifs is 2. The third kappa shape index (κ3) is 2.61. The van der Waals surface area contributed by atoms with Gasteiger partial charge in [0.15, 0.2) is 0 Å². The van der Waals surface area contributed by atoms with Crippen LogP contribution in [0, 0.1) is 6.92 Å². The zero-order chi connectivity index (χ0) is 18.7. The van der Waals surface area contributed by atoms with E-state index in [0.717, 1.165) is 42.0 Å². The van der Waals surface area contributed by atoms with Crippen LogP contribution in [-0.2, 0) is 13.0 Å². The predicted octanol–water partition coefficient (Wildman–Crippen LogP) is 4.16. The quantitative estimate of drug-likeness (QED) is 0.527. The molecule has 0 aromatic carbocycles. The van der Waals surface area contributed by atoms with Crippen LogP contribution in [0.3, 0.4) is 0 Å². The van der Waals surface area contributed by atoms with Crippen molar-refractivity contribution in [1.82, 2.24) is 24.7 Å². The van der Waals surface area contributed by atoms with Crippen molar-refractivity contribution in [3.63, 3.8) is 0 Å². The number of rotatable bonds is 3. The van der Waals surface area contributed by atoms with Crippen molar-refractivity contribution >= 4 is 27.4 Å². The van der Waals surface area contributed by atoms with Crippen molar-refractivity contribution in [1.29, 1.82) is 0 Å². The standard InChI is InChI=1S/C21H20N6S/c1-13-11-28-20-19(13)23-12-24-21(20)26-5-4-18-15(9-26)6-14(7-22-18)16-8-25-27(10-16)17-2-3-17/h6-8,10-12,17H,2-5,9H2,1H3. The number of thiophene rings is 1. The number of aromatic nitrogens is 5. The van der Waals surface area contributed by atoms with E-state index >= 15 is 0 Å². The van der Waals surface area contributed by atoms with Gasteiger partial charge < -0.3 is 4.90 Å². The van der Waals surface area contributed by atoms with Crippen molar-refractivity contribution in [2.45, 2.75) is 38.8 Å². The van der Waals surface area contributed by atoms with Gasteiger partial charge in [0.25, 0.3) is 0 Å². The summed E-state index contributed by atoms with van der Waals surface area (Å²) in [6.07, 6.45) is 11.2. The van der Waals surface area contributed by atoms with Gasteiger partial charge in [0.2, 0.25) is 0 Å². The normalized spacial score (nSPS) is 16.5. The van der Waals surface area contributed by atoms with E-state index in [1.807, 2.05) is 12.4 Å². The van der Waals surface area contributed by atoms with E-state index in [4.69, 9.17) is 4.98 Å². The van der Waals surface area contributed by atoms with E-state index in [1.165, 1.54) is 34.4 Å². The molecule has 4 aromatic heterocycles. The first kappa shape index (κ1) is 16.2. The van der Waals surface area contributed by atoms with Gasteiger partial charge in [0, 0.05) is 48.7 Å². The van der Waals surface area contributed by atoms with Gasteiger partial charge in [-0.25, -0.2) is 9.97 Å². The first-order valence-corrected chi connectivity index (χ1v) is 10.6. The maximum absolute atomic E-state index is 4.77. The highest BCUT2D eigenvalue weighted by Crippen LogP contribution is 2.36. The van der Waals surface area contributed by atoms with Gasteiger partial charge in [0.05, 0.1) is 22.5 Å². The van der Waals surface area contributed by atoms with E-state index in [-0.39, 0.29) is 0 Å². The van der Waals surface area contributed by atoms with Crippen molar-refractivity contribution in [2.75, 3.05) is 11.4 Å². The van der Waals surface area contributed by atoms with Crippen molar-refractivity contribution in [3.05, 3.63) is 53.2 Å². The van der Waals surface area contributed by atoms with Gasteiger partial charge in [-0.2, -0.15) is 5.10 Å². The maximum atomic E-state index is 4.77. The number of hydrogen-bond donors (Lipinski definition) is 0. The lowest BCUT2D eigenvalue weighted by Gasteiger charge is -2.29. The van der Waals surface area contributed by atoms with E-state index in [1.54, 1.807) is 17.7 Å². The van der Waals surface area contributed by atoms with Crippen molar-refractivity contribution in [3.8, 4) is 11.1 Å². The molecule has 1 fully saturated rings. The third-order valence-corrected chi connectivity index (χ3v) is 6.79. The molecule has 2 aliphatic rings. The average Bonchev–Trinajstić information content (AvgIpc) is 3.34. The van der Waals surface area contributed by atoms with Crippen LogP contribution in [0.5, 0.6) is 0 Å². The fraction of sp³-hybridized carbons (Fsp3) is 0.333. The van der Waals surface area contributed by atoms with E-state index < -0.39 is 0 Å². The molecule has 1 aliphatic carbocycles. The van der Waals surface area contributed by atoms with Crippen LogP contribution in [0.15, 0.2) is 36.4 Å². The Balaban J connectivity index is 1.34. The van der Waals surface area contributed by atoms with Gasteiger partial charge >= 0.3 is 0 Å². The van der Waals surface area contributed by atoms with Gasteiger partial charge in [-0.15, -0.1) is 11.3 Å². The summed E-state index contributed by atoms with van der Waals surface area (Å²) in [5.74, 6) is 1.04. The zero-order valence-corrected chi connectivity index (χ0v) is 16.5. The minimum Gasteiger partial charge on any atom is -0.351 e. The molecule has 0 saturated heterocycles. The molecule has 0 amide bonds. The average molecular weight is 389 g/mol. The molecule has 6 nitrogen and oxygen atoms in total. The molecule has 0 N–H and O–H groups in total. The summed E-state index contributed by atoms with van der Waals surface area (Å²) in [7, 11) is 0. The smallest absolute Gasteiger partial charge is 0.150 e. The van der Waals surface area contributed by atoms with Crippen LogP contribution in [0.1, 0.15) is 35.7 Å². The van der Waals surface area contributed by atoms with E-state index in [2.05, 4.69) is 49.2 Å². The van der Waals surface area contributed by atoms with Gasteiger partial charge in [-0.1, -0.05) is 0 Å². The summed E-state index contributed by atoms with van der Waals surface area (Å²) in [5, 5.41) is 6.69. The summed E-state index contributed by atoms with van der Waals surface area (Å²) in [5.41, 5.74) is 7.06. The molecule has 0 bridgehead atoms. The van der Waals surface area contributed by atoms with Crippen molar-refractivity contribution in [2.24, 2.45) is 0 Å². The van der Waals surface area contributed by atoms with Gasteiger partial charge in [-0.05, 0) is 42.3 Å². The molecule has 4 aromatic rings. The molecule has 6 rings (SSSR count). The Hall–Kier alpha value is -2.80. The van der Waals surface area contributed by atoms with Crippen LogP contribution in [0.25, 0.3) is 21.3 Å². The molecule has 0 radical (unpaired) electrons. The topological polar surface area (TPSA) is 59.7 Å². The Kier molecular flexibility index (Phi) is 3.53. The Morgan fingerprint density at radius 2 is 2.04 bits per heavy atom. The van der Waals surface area contributed by atoms with Crippen LogP contribution in [-0.4, -0.2) is 31.3 Å². The third-order valence-electron chi connectivity index (χ3n) is 5.71. The molecule has 7 heteroatoms. The summed E-state index contributed by atoms with van der Waals surface area (Å²) in [6, 6.07) is 2.88. The summed E-state index contributed by atoms with van der Waals surface area (Å²) < 4.78 is 3.27. The highest BCUT2D eigenvalue weighted by atomic mass is 32.1. The minimum absolute atomic E-state index is 0.601. The van der Waals surface area contributed by atoms with Gasteiger partial charge in [-0.3, -0.25) is 9.67 Å². The van der Waals surface area contributed by atoms with Crippen LogP contribution in [0.4, 0.5) is 5.82 Å². The fourth-order valence-electron chi connectivity index (χ4n) is 3.97. The molecule has 1 saturated carbocycles. The second kappa shape index (κ2) is 6.10. The number of hydrogen-bond acceptors (Lipinski definition) is 6. The number of nitrogens with zero attached hydrogens (tertiary/aromatic N) is 6. The predicted molar refractivity (Wildman–Crippen MR) is 111 cm³/mol. The second-order valence-corrected chi connectivity index (χ2v) is 8.61. The van der Waals surface area contributed by atoms with Crippen LogP contribution < -0.4 is 4.90 Å². The zero-order valence-electron chi connectivity index (χ0n) is 15.7. The van der Waals surface area contributed by atoms with Crippen molar-refractivity contribution < 1.29 is 0 Å². The molecular formula is C21H20N6S. The Labute approximate surface area is 166 Å². The molecule has 0 unspecified atom stereocenters. The molecule has 1 aliphatic heterocycles. The number of pyridine rings is 1. The molecule has 28 heavy (non-hydrogen) atoms. The van der Waals surface area contributed by atoms with Crippen LogP contribution in [0.2, 0.25) is 0 Å². The lowest BCUT2D eigenvalue weighted by molar-refractivity contribution is 0.642. The molecule has 0 spiro atoms. The Bertz CT molecular complexity index is 1190. The van der Waals surface area contributed by atoms with E-state index in [0.29, 0.717) is 6.04 Å². The largest absolute Gasteiger partial charge is 0.351 e. The number of aryl methyl sites for hydroxylation is 1. The van der Waals surface area contributed by atoms with Gasteiger partial charge in [0.1, 0.15) is 12.1 Å². The SMILES string of the molecule is Cc1csc2c(N3CCc4ncc(-c5cnn(C6CC6)c5)cc4C3)ncnc12. The molecule has 0 atom stereocenters. The first-order chi connectivity index (χ1) is 13.8. The Morgan fingerprint density at radius 1 is 1.11 bits per heavy atom. The highest BCUT2D eigenvalue weighted by molar-refractivity contribution is 7.18. The molecule has 140 valence electrons. The molecular weight excluding hydrogens is 368 g/mol. The number of anilines is 1. The first-order valence-electron chi connectivity index (χ1n) is 9.72. The lowest BCUT2D eigenvalue weighted by Crippen LogP contribution is -2.31. The summed E-state index contributed by atoms with van der Waals surface area (Å²) in [6.45, 7) is 3.87. The van der Waals surface area contributed by atoms with E-state index in [9.17, 15) is 0 Å². The maximum Gasteiger partial charge on any atom is 0.150 e. The molecule has 5 heterocycles. The highest BCUT2D eigenvalue weighted by Gasteiger charge is 2.25. The monoisotopic (exact) mass is 388 g/mol. The summed E-state index contributed by atoms with van der Waals surface area (Å²) >= 11 is 1.73. The van der Waals surface area contributed by atoms with Crippen LogP contribution >= 0.6 is 11.3 Å². The second-order valence-electron chi connectivity index (χ2n) is 7.74.